The maximum atomic E-state index is 12.4. The van der Waals surface area contributed by atoms with Gasteiger partial charge >= 0.3 is 5.97 Å². The Morgan fingerprint density at radius 3 is 2.63 bits per heavy atom. The van der Waals surface area contributed by atoms with Gasteiger partial charge in [0.25, 0.3) is 5.91 Å². The minimum Gasteiger partial charge on any atom is -0.507 e. The maximum Gasteiger partial charge on any atom is 0.329 e. The number of nitrogens with zero attached hydrogens (tertiary/aromatic N) is 1. The summed E-state index contributed by atoms with van der Waals surface area (Å²) < 4.78 is 0. The Kier molecular flexibility index (Phi) is 3.22. The molecule has 2 N–H and O–H groups in total. The first-order chi connectivity index (χ1) is 8.86. The number of carboxylic acid groups (broad SMARTS) is 1. The zero-order valence-electron chi connectivity index (χ0n) is 11.0. The van der Waals surface area contributed by atoms with Crippen LogP contribution in [-0.4, -0.2) is 39.1 Å². The number of aryl methyl sites for hydroxylation is 1. The van der Waals surface area contributed by atoms with Crippen molar-refractivity contribution in [3.63, 3.8) is 0 Å². The SMILES string of the molecule is Cc1ccc(C(=O)N2CCCC2(C)C(=O)O)c(O)c1. The third-order valence-corrected chi connectivity index (χ3v) is 3.73. The number of phenols is 1. The Bertz CT molecular complexity index is 540. The lowest BCUT2D eigenvalue weighted by Crippen LogP contribution is -2.50. The molecule has 1 aromatic carbocycles. The van der Waals surface area contributed by atoms with Gasteiger partial charge in [0.05, 0.1) is 5.56 Å². The van der Waals surface area contributed by atoms with Gasteiger partial charge in [-0.3, -0.25) is 4.79 Å². The van der Waals surface area contributed by atoms with E-state index in [1.807, 2.05) is 6.92 Å². The van der Waals surface area contributed by atoms with E-state index in [1.54, 1.807) is 13.0 Å². The van der Waals surface area contributed by atoms with Crippen molar-refractivity contribution < 1.29 is 19.8 Å². The molecule has 1 saturated heterocycles. The number of hydrogen-bond donors (Lipinski definition) is 2. The highest BCUT2D eigenvalue weighted by Crippen LogP contribution is 2.32. The van der Waals surface area contributed by atoms with Crippen LogP contribution in [0.1, 0.15) is 35.7 Å². The van der Waals surface area contributed by atoms with Crippen LogP contribution in [0.3, 0.4) is 0 Å². The third kappa shape index (κ3) is 2.16. The Hall–Kier alpha value is -2.04. The zero-order valence-corrected chi connectivity index (χ0v) is 11.0. The summed E-state index contributed by atoms with van der Waals surface area (Å²) in [6.45, 7) is 3.76. The summed E-state index contributed by atoms with van der Waals surface area (Å²) in [6.07, 6.45) is 1.09. The molecule has 0 aliphatic carbocycles. The molecule has 1 aromatic rings. The lowest BCUT2D eigenvalue weighted by molar-refractivity contribution is -0.147. The van der Waals surface area contributed by atoms with E-state index in [4.69, 9.17) is 0 Å². The predicted octanol–water partition coefficient (Wildman–Crippen LogP) is 1.78. The van der Waals surface area contributed by atoms with Crippen molar-refractivity contribution in [1.82, 2.24) is 4.90 Å². The highest BCUT2D eigenvalue weighted by atomic mass is 16.4. The van der Waals surface area contributed by atoms with Crippen molar-refractivity contribution >= 4 is 11.9 Å². The number of likely N-dealkylation sites (tertiary alicyclic amines) is 1. The Morgan fingerprint density at radius 2 is 2.05 bits per heavy atom. The number of aliphatic carboxylic acids is 1. The van der Waals surface area contributed by atoms with Crippen molar-refractivity contribution in [2.24, 2.45) is 0 Å². The topological polar surface area (TPSA) is 77.8 Å². The standard InChI is InChI=1S/C14H17NO4/c1-9-4-5-10(11(16)8-9)12(17)15-7-3-6-14(15,2)13(18)19/h4-5,8,16H,3,6-7H2,1-2H3,(H,18,19). The van der Waals surface area contributed by atoms with Gasteiger partial charge in [-0.05, 0) is 44.4 Å². The molecule has 0 aromatic heterocycles. The summed E-state index contributed by atoms with van der Waals surface area (Å²) in [4.78, 5) is 25.1. The van der Waals surface area contributed by atoms with Crippen molar-refractivity contribution in [2.75, 3.05) is 6.54 Å². The number of carbonyl (C=O) groups is 2. The van der Waals surface area contributed by atoms with Crippen molar-refractivity contribution in [1.29, 1.82) is 0 Å². The molecule has 5 nitrogen and oxygen atoms in total. The molecule has 19 heavy (non-hydrogen) atoms. The molecule has 0 bridgehead atoms. The summed E-state index contributed by atoms with van der Waals surface area (Å²) in [5.41, 5.74) is -0.189. The van der Waals surface area contributed by atoms with E-state index >= 15 is 0 Å². The average Bonchev–Trinajstić information content (AvgIpc) is 2.72. The summed E-state index contributed by atoms with van der Waals surface area (Å²) in [5.74, 6) is -1.55. The summed E-state index contributed by atoms with van der Waals surface area (Å²) in [6, 6.07) is 4.76. The Balaban J connectivity index is 2.36. The number of amides is 1. The fourth-order valence-electron chi connectivity index (χ4n) is 2.48. The molecule has 1 amide bonds. The second-order valence-electron chi connectivity index (χ2n) is 5.16. The fraction of sp³-hybridized carbons (Fsp3) is 0.429. The van der Waals surface area contributed by atoms with Gasteiger partial charge in [0.1, 0.15) is 11.3 Å². The van der Waals surface area contributed by atoms with Crippen LogP contribution < -0.4 is 0 Å². The zero-order chi connectivity index (χ0) is 14.2. The molecule has 102 valence electrons. The minimum absolute atomic E-state index is 0.107. The van der Waals surface area contributed by atoms with Crippen LogP contribution >= 0.6 is 0 Å². The van der Waals surface area contributed by atoms with Crippen molar-refractivity contribution in [2.45, 2.75) is 32.2 Å². The number of hydrogen-bond acceptors (Lipinski definition) is 3. The van der Waals surface area contributed by atoms with Crippen LogP contribution in [0.4, 0.5) is 0 Å². The highest BCUT2D eigenvalue weighted by Gasteiger charge is 2.46. The van der Waals surface area contributed by atoms with Gasteiger partial charge in [-0.15, -0.1) is 0 Å². The lowest BCUT2D eigenvalue weighted by atomic mass is 9.98. The normalized spacial score (nSPS) is 22.5. The molecule has 0 radical (unpaired) electrons. The molecule has 1 heterocycles. The minimum atomic E-state index is -1.19. The molecule has 1 aliphatic rings. The molecule has 1 unspecified atom stereocenters. The Labute approximate surface area is 111 Å². The van der Waals surface area contributed by atoms with Crippen LogP contribution in [0.2, 0.25) is 0 Å². The van der Waals surface area contributed by atoms with Crippen LogP contribution in [-0.2, 0) is 4.79 Å². The molecule has 0 spiro atoms. The molecular formula is C14H17NO4. The molecule has 5 heteroatoms. The molecule has 1 fully saturated rings. The molecule has 2 rings (SSSR count). The van der Waals surface area contributed by atoms with E-state index in [1.165, 1.54) is 17.0 Å². The van der Waals surface area contributed by atoms with Crippen LogP contribution in [0.5, 0.6) is 5.75 Å². The number of phenolic OH excluding ortho intramolecular Hbond substituents is 1. The van der Waals surface area contributed by atoms with Gasteiger partial charge in [-0.2, -0.15) is 0 Å². The molecule has 1 atom stereocenters. The highest BCUT2D eigenvalue weighted by molar-refractivity contribution is 6.00. The summed E-state index contributed by atoms with van der Waals surface area (Å²) in [7, 11) is 0. The van der Waals surface area contributed by atoms with E-state index in [0.717, 1.165) is 5.56 Å². The monoisotopic (exact) mass is 263 g/mol. The van der Waals surface area contributed by atoms with Gasteiger partial charge in [0.15, 0.2) is 0 Å². The fourth-order valence-corrected chi connectivity index (χ4v) is 2.48. The smallest absolute Gasteiger partial charge is 0.329 e. The van der Waals surface area contributed by atoms with E-state index in [9.17, 15) is 19.8 Å². The number of aromatic hydroxyl groups is 1. The average molecular weight is 263 g/mol. The maximum absolute atomic E-state index is 12.4. The summed E-state index contributed by atoms with van der Waals surface area (Å²) >= 11 is 0. The molecule has 0 saturated carbocycles. The molecule has 1 aliphatic heterocycles. The van der Waals surface area contributed by atoms with E-state index in [0.29, 0.717) is 19.4 Å². The molecular weight excluding hydrogens is 246 g/mol. The Morgan fingerprint density at radius 1 is 1.37 bits per heavy atom. The van der Waals surface area contributed by atoms with Crippen molar-refractivity contribution in [3.05, 3.63) is 29.3 Å². The lowest BCUT2D eigenvalue weighted by Gasteiger charge is -2.31. The first-order valence-electron chi connectivity index (χ1n) is 6.21. The van der Waals surface area contributed by atoms with Crippen molar-refractivity contribution in [3.8, 4) is 5.75 Å². The first kappa shape index (κ1) is 13.4. The summed E-state index contributed by atoms with van der Waals surface area (Å²) in [5, 5.41) is 19.1. The largest absolute Gasteiger partial charge is 0.507 e. The number of carboxylic acids is 1. The van der Waals surface area contributed by atoms with Crippen LogP contribution in [0.15, 0.2) is 18.2 Å². The number of rotatable bonds is 2. The third-order valence-electron chi connectivity index (χ3n) is 3.73. The second-order valence-corrected chi connectivity index (χ2v) is 5.16. The van der Waals surface area contributed by atoms with Gasteiger partial charge in [0.2, 0.25) is 0 Å². The second kappa shape index (κ2) is 4.57. The van der Waals surface area contributed by atoms with Crippen LogP contribution in [0.25, 0.3) is 0 Å². The number of carbonyl (C=O) groups excluding carboxylic acids is 1. The van der Waals surface area contributed by atoms with E-state index in [-0.39, 0.29) is 11.3 Å². The quantitative estimate of drug-likeness (QED) is 0.852. The van der Waals surface area contributed by atoms with E-state index < -0.39 is 17.4 Å². The van der Waals surface area contributed by atoms with Crippen LogP contribution in [0, 0.1) is 6.92 Å². The van der Waals surface area contributed by atoms with Gasteiger partial charge < -0.3 is 15.1 Å². The van der Waals surface area contributed by atoms with Gasteiger partial charge in [0, 0.05) is 6.54 Å². The number of benzene rings is 1. The van der Waals surface area contributed by atoms with Gasteiger partial charge in [-0.25, -0.2) is 4.79 Å². The first-order valence-corrected chi connectivity index (χ1v) is 6.21. The van der Waals surface area contributed by atoms with Gasteiger partial charge in [-0.1, -0.05) is 6.07 Å². The predicted molar refractivity (Wildman–Crippen MR) is 69.2 cm³/mol. The van der Waals surface area contributed by atoms with E-state index in [2.05, 4.69) is 0 Å².